The fourth-order valence-electron chi connectivity index (χ4n) is 2.91. The van der Waals surface area contributed by atoms with Crippen LogP contribution in [-0.4, -0.2) is 24.4 Å². The first-order valence-corrected chi connectivity index (χ1v) is 7.62. The molecule has 3 heteroatoms. The summed E-state index contributed by atoms with van der Waals surface area (Å²) in [5.74, 6) is 0.914. The van der Waals surface area contributed by atoms with Gasteiger partial charge in [-0.25, -0.2) is 0 Å². The van der Waals surface area contributed by atoms with Crippen molar-refractivity contribution in [1.82, 2.24) is 4.90 Å². The summed E-state index contributed by atoms with van der Waals surface area (Å²) < 4.78 is 6.02. The van der Waals surface area contributed by atoms with Gasteiger partial charge in [0.05, 0.1) is 0 Å². The van der Waals surface area contributed by atoms with Crippen molar-refractivity contribution in [1.29, 1.82) is 0 Å². The molecule has 3 nitrogen and oxygen atoms in total. The van der Waals surface area contributed by atoms with Crippen LogP contribution in [0.4, 0.5) is 0 Å². The van der Waals surface area contributed by atoms with E-state index in [4.69, 9.17) is 4.74 Å². The van der Waals surface area contributed by atoms with Crippen molar-refractivity contribution in [3.63, 3.8) is 0 Å². The van der Waals surface area contributed by atoms with Crippen LogP contribution < -0.4 is 4.74 Å². The molecule has 0 aromatic heterocycles. The maximum absolute atomic E-state index is 12.2. The molecule has 2 aromatic carbocycles. The van der Waals surface area contributed by atoms with Gasteiger partial charge in [0.25, 0.3) is 5.91 Å². The van der Waals surface area contributed by atoms with Crippen LogP contribution in [0.25, 0.3) is 0 Å². The molecule has 3 rings (SSSR count). The summed E-state index contributed by atoms with van der Waals surface area (Å²) in [5.41, 5.74) is 5.48. The van der Waals surface area contributed by atoms with E-state index in [9.17, 15) is 4.79 Å². The van der Waals surface area contributed by atoms with E-state index < -0.39 is 0 Å². The standard InChI is InChI=1S/C19H21NO2/c1-13-7-8-15(14(2)11-13)12-22-18-6-4-5-17-16(18)9-10-20(3)19(17)21/h4-8,11H,9-10,12H2,1-3H3. The van der Waals surface area contributed by atoms with Crippen LogP contribution in [-0.2, 0) is 13.0 Å². The number of fused-ring (bicyclic) bond motifs is 1. The minimum atomic E-state index is 0.0817. The van der Waals surface area contributed by atoms with Crippen molar-refractivity contribution in [2.75, 3.05) is 13.6 Å². The molecule has 22 heavy (non-hydrogen) atoms. The second-order valence-corrected chi connectivity index (χ2v) is 5.98. The largest absolute Gasteiger partial charge is 0.489 e. The van der Waals surface area contributed by atoms with Crippen LogP contribution in [0.1, 0.15) is 32.6 Å². The summed E-state index contributed by atoms with van der Waals surface area (Å²) in [6, 6.07) is 12.1. The van der Waals surface area contributed by atoms with Gasteiger partial charge in [0.2, 0.25) is 0 Å². The minimum absolute atomic E-state index is 0.0817. The molecule has 2 aromatic rings. The van der Waals surface area contributed by atoms with Crippen LogP contribution in [0.2, 0.25) is 0 Å². The molecule has 0 radical (unpaired) electrons. The molecule has 0 saturated heterocycles. The lowest BCUT2D eigenvalue weighted by molar-refractivity contribution is 0.0779. The summed E-state index contributed by atoms with van der Waals surface area (Å²) >= 11 is 0. The van der Waals surface area contributed by atoms with Crippen LogP contribution in [0.15, 0.2) is 36.4 Å². The first kappa shape index (κ1) is 14.6. The summed E-state index contributed by atoms with van der Waals surface area (Å²) in [5, 5.41) is 0. The molecule has 0 saturated carbocycles. The summed E-state index contributed by atoms with van der Waals surface area (Å²) in [7, 11) is 1.84. The Kier molecular flexibility index (Phi) is 3.88. The van der Waals surface area contributed by atoms with E-state index in [2.05, 4.69) is 32.0 Å². The Morgan fingerprint density at radius 3 is 2.77 bits per heavy atom. The van der Waals surface area contributed by atoms with Gasteiger partial charge in [-0.2, -0.15) is 0 Å². The van der Waals surface area contributed by atoms with E-state index in [1.54, 1.807) is 4.90 Å². The van der Waals surface area contributed by atoms with Crippen LogP contribution >= 0.6 is 0 Å². The molecule has 0 atom stereocenters. The van der Waals surface area contributed by atoms with Gasteiger partial charge in [0.1, 0.15) is 12.4 Å². The lowest BCUT2D eigenvalue weighted by Gasteiger charge is -2.26. The number of hydrogen-bond acceptors (Lipinski definition) is 2. The number of amides is 1. The highest BCUT2D eigenvalue weighted by atomic mass is 16.5. The molecule has 1 heterocycles. The lowest BCUT2D eigenvalue weighted by Crippen LogP contribution is -2.34. The Morgan fingerprint density at radius 1 is 1.18 bits per heavy atom. The van der Waals surface area contributed by atoms with E-state index in [-0.39, 0.29) is 5.91 Å². The highest BCUT2D eigenvalue weighted by molar-refractivity contribution is 5.97. The Hall–Kier alpha value is -2.29. The summed E-state index contributed by atoms with van der Waals surface area (Å²) in [4.78, 5) is 14.0. The van der Waals surface area contributed by atoms with Crippen LogP contribution in [0.5, 0.6) is 5.75 Å². The van der Waals surface area contributed by atoms with Gasteiger partial charge in [0, 0.05) is 24.7 Å². The molecule has 0 N–H and O–H groups in total. The zero-order chi connectivity index (χ0) is 15.7. The first-order valence-electron chi connectivity index (χ1n) is 7.62. The zero-order valence-electron chi connectivity index (χ0n) is 13.3. The fourth-order valence-corrected chi connectivity index (χ4v) is 2.91. The molecular weight excluding hydrogens is 274 g/mol. The first-order chi connectivity index (χ1) is 10.6. The molecule has 1 amide bonds. The van der Waals surface area contributed by atoms with Gasteiger partial charge in [0.15, 0.2) is 0 Å². The average molecular weight is 295 g/mol. The zero-order valence-corrected chi connectivity index (χ0v) is 13.3. The predicted molar refractivity (Wildman–Crippen MR) is 87.4 cm³/mol. The molecule has 0 unspecified atom stereocenters. The van der Waals surface area contributed by atoms with E-state index in [1.807, 2.05) is 25.2 Å². The molecule has 0 fully saturated rings. The second kappa shape index (κ2) is 5.84. The number of carbonyl (C=O) groups excluding carboxylic acids is 1. The summed E-state index contributed by atoms with van der Waals surface area (Å²) in [6.45, 7) is 5.47. The van der Waals surface area contributed by atoms with Crippen molar-refractivity contribution in [2.45, 2.75) is 26.9 Å². The topological polar surface area (TPSA) is 29.5 Å². The number of nitrogens with zero attached hydrogens (tertiary/aromatic N) is 1. The van der Waals surface area contributed by atoms with Crippen molar-refractivity contribution in [3.05, 3.63) is 64.2 Å². The molecule has 114 valence electrons. The number of likely N-dealkylation sites (N-methyl/N-ethyl adjacent to an activating group) is 1. The smallest absolute Gasteiger partial charge is 0.254 e. The van der Waals surface area contributed by atoms with Crippen molar-refractivity contribution in [3.8, 4) is 5.75 Å². The van der Waals surface area contributed by atoms with Crippen molar-refractivity contribution >= 4 is 5.91 Å². The van der Waals surface area contributed by atoms with Crippen molar-refractivity contribution in [2.24, 2.45) is 0 Å². The van der Waals surface area contributed by atoms with Gasteiger partial charge in [-0.3, -0.25) is 4.79 Å². The Balaban J connectivity index is 1.83. The van der Waals surface area contributed by atoms with Gasteiger partial charge < -0.3 is 9.64 Å². The lowest BCUT2D eigenvalue weighted by atomic mass is 9.98. The van der Waals surface area contributed by atoms with Crippen LogP contribution in [0.3, 0.4) is 0 Å². The second-order valence-electron chi connectivity index (χ2n) is 5.98. The van der Waals surface area contributed by atoms with Gasteiger partial charge in [-0.1, -0.05) is 29.8 Å². The number of ether oxygens (including phenoxy) is 1. The van der Waals surface area contributed by atoms with Gasteiger partial charge in [-0.05, 0) is 43.5 Å². The molecule has 0 aliphatic carbocycles. The summed E-state index contributed by atoms with van der Waals surface area (Å²) in [6.07, 6.45) is 0.848. The van der Waals surface area contributed by atoms with Crippen LogP contribution in [0, 0.1) is 13.8 Å². The maximum atomic E-state index is 12.2. The van der Waals surface area contributed by atoms with E-state index in [1.165, 1.54) is 16.7 Å². The third kappa shape index (κ3) is 2.71. The normalized spacial score (nSPS) is 14.0. The Morgan fingerprint density at radius 2 is 2.00 bits per heavy atom. The maximum Gasteiger partial charge on any atom is 0.254 e. The monoisotopic (exact) mass is 295 g/mol. The van der Waals surface area contributed by atoms with Crippen molar-refractivity contribution < 1.29 is 9.53 Å². The number of aryl methyl sites for hydroxylation is 2. The Labute approximate surface area is 131 Å². The van der Waals surface area contributed by atoms with Gasteiger partial charge >= 0.3 is 0 Å². The highest BCUT2D eigenvalue weighted by Gasteiger charge is 2.24. The predicted octanol–water partition coefficient (Wildman–Crippen LogP) is 3.51. The SMILES string of the molecule is Cc1ccc(COc2cccc3c2CCN(C)C3=O)c(C)c1. The molecule has 1 aliphatic rings. The van der Waals surface area contributed by atoms with E-state index in [0.717, 1.165) is 29.8 Å². The third-order valence-electron chi connectivity index (χ3n) is 4.29. The molecule has 0 bridgehead atoms. The number of rotatable bonds is 3. The quantitative estimate of drug-likeness (QED) is 0.867. The number of benzene rings is 2. The fraction of sp³-hybridized carbons (Fsp3) is 0.316. The minimum Gasteiger partial charge on any atom is -0.489 e. The van der Waals surface area contributed by atoms with Gasteiger partial charge in [-0.15, -0.1) is 0 Å². The average Bonchev–Trinajstić information content (AvgIpc) is 2.50. The van der Waals surface area contributed by atoms with E-state index >= 15 is 0 Å². The molecule has 0 spiro atoms. The third-order valence-corrected chi connectivity index (χ3v) is 4.29. The highest BCUT2D eigenvalue weighted by Crippen LogP contribution is 2.28. The molecule has 1 aliphatic heterocycles. The Bertz CT molecular complexity index is 721. The number of carbonyl (C=O) groups is 1. The van der Waals surface area contributed by atoms with E-state index in [0.29, 0.717) is 6.61 Å². The number of hydrogen-bond donors (Lipinski definition) is 0. The molecular formula is C19H21NO2.